The Balaban J connectivity index is 1.56. The summed E-state index contributed by atoms with van der Waals surface area (Å²) >= 11 is 8.20. The Bertz CT molecular complexity index is 1130. The fourth-order valence-electron chi connectivity index (χ4n) is 5.09. The van der Waals surface area contributed by atoms with Crippen molar-refractivity contribution in [3.8, 4) is 9.75 Å². The maximum atomic E-state index is 2.48. The van der Waals surface area contributed by atoms with Gasteiger partial charge in [0.1, 0.15) is 0 Å². The third-order valence-electron chi connectivity index (χ3n) is 7.03. The maximum absolute atomic E-state index is 2.48. The molecule has 34 heavy (non-hydrogen) atoms. The van der Waals surface area contributed by atoms with Gasteiger partial charge in [-0.15, -0.1) is 45.3 Å². The number of unbranched alkanes of at least 4 members (excludes halogenated alkanes) is 10. The summed E-state index contributed by atoms with van der Waals surface area (Å²) in [5.74, 6) is 0. The van der Waals surface area contributed by atoms with E-state index in [4.69, 9.17) is 0 Å². The Morgan fingerprint density at radius 3 is 1.82 bits per heavy atom. The van der Waals surface area contributed by atoms with Crippen LogP contribution in [0.25, 0.3) is 28.6 Å². The van der Waals surface area contributed by atoms with E-state index in [1.165, 1.54) is 109 Å². The molecule has 4 aromatic heterocycles. The summed E-state index contributed by atoms with van der Waals surface area (Å²) in [6.07, 6.45) is 19.1. The quantitative estimate of drug-likeness (QED) is 0.134. The molecule has 0 bridgehead atoms. The Hall–Kier alpha value is -0.680. The van der Waals surface area contributed by atoms with E-state index in [9.17, 15) is 0 Å². The van der Waals surface area contributed by atoms with E-state index in [-0.39, 0.29) is 0 Å². The Kier molecular flexibility index (Phi) is 10.1. The Labute approximate surface area is 223 Å². The SMILES string of the molecule is CCCCCCCCc1c(C)sc2c(CCCCCCCC)c(-c3cc4cc(C)sc4s3)sc12. The molecule has 0 aromatic carbocycles. The van der Waals surface area contributed by atoms with E-state index in [2.05, 4.69) is 62.5 Å². The number of hydrogen-bond donors (Lipinski definition) is 0. The second-order valence-electron chi connectivity index (χ2n) is 9.95. The number of thiophene rings is 4. The van der Waals surface area contributed by atoms with Crippen molar-refractivity contribution in [2.24, 2.45) is 0 Å². The number of aryl methyl sites for hydroxylation is 4. The van der Waals surface area contributed by atoms with E-state index >= 15 is 0 Å². The molecule has 4 heterocycles. The number of fused-ring (bicyclic) bond motifs is 2. The van der Waals surface area contributed by atoms with E-state index in [1.54, 1.807) is 30.3 Å². The van der Waals surface area contributed by atoms with Crippen LogP contribution in [0.15, 0.2) is 12.1 Å². The normalized spacial score (nSPS) is 12.0. The van der Waals surface area contributed by atoms with Crippen LogP contribution >= 0.6 is 45.3 Å². The van der Waals surface area contributed by atoms with Crippen LogP contribution in [0.3, 0.4) is 0 Å². The van der Waals surface area contributed by atoms with Crippen molar-refractivity contribution in [1.82, 2.24) is 0 Å². The molecule has 0 aliphatic carbocycles. The molecule has 0 N–H and O–H groups in total. The van der Waals surface area contributed by atoms with Crippen LogP contribution in [0.4, 0.5) is 0 Å². The van der Waals surface area contributed by atoms with Crippen molar-refractivity contribution in [3.63, 3.8) is 0 Å². The van der Waals surface area contributed by atoms with Crippen molar-refractivity contribution in [2.75, 3.05) is 0 Å². The van der Waals surface area contributed by atoms with Crippen LogP contribution in [0.1, 0.15) is 112 Å². The first-order chi connectivity index (χ1) is 16.6. The Morgan fingerprint density at radius 1 is 0.588 bits per heavy atom. The van der Waals surface area contributed by atoms with Crippen LogP contribution in [0.5, 0.6) is 0 Å². The van der Waals surface area contributed by atoms with Crippen molar-refractivity contribution >= 4 is 64.1 Å². The zero-order valence-electron chi connectivity index (χ0n) is 21.7. The molecule has 0 amide bonds. The summed E-state index contributed by atoms with van der Waals surface area (Å²) in [7, 11) is 0. The summed E-state index contributed by atoms with van der Waals surface area (Å²) in [5.41, 5.74) is 3.34. The lowest BCUT2D eigenvalue weighted by molar-refractivity contribution is 0.608. The molecule has 0 aliphatic rings. The highest BCUT2D eigenvalue weighted by atomic mass is 32.2. The summed E-state index contributed by atoms with van der Waals surface area (Å²) in [6, 6.07) is 4.85. The standard InChI is InChI=1S/C30H42S4/c1-5-7-9-11-13-15-17-24-22(4)32-29-25(18-16-14-12-10-8-6-2)27(34-28(24)29)26-20-23-19-21(3)31-30(23)33-26/h19-20H,5-18H2,1-4H3. The van der Waals surface area contributed by atoms with Crippen molar-refractivity contribution in [1.29, 1.82) is 0 Å². The lowest BCUT2D eigenvalue weighted by atomic mass is 10.0. The van der Waals surface area contributed by atoms with Gasteiger partial charge in [-0.05, 0) is 62.8 Å². The fraction of sp³-hybridized carbons (Fsp3) is 0.600. The smallest absolute Gasteiger partial charge is 0.0874 e. The second kappa shape index (κ2) is 13.0. The highest BCUT2D eigenvalue weighted by molar-refractivity contribution is 7.41. The second-order valence-corrected chi connectivity index (χ2v) is 14.8. The lowest BCUT2D eigenvalue weighted by Gasteiger charge is -2.04. The fourth-order valence-corrected chi connectivity index (χ4v) is 10.6. The van der Waals surface area contributed by atoms with Crippen molar-refractivity contribution in [2.45, 2.75) is 118 Å². The van der Waals surface area contributed by atoms with Gasteiger partial charge in [-0.1, -0.05) is 78.1 Å². The van der Waals surface area contributed by atoms with Crippen LogP contribution in [-0.4, -0.2) is 0 Å². The van der Waals surface area contributed by atoms with Gasteiger partial charge in [0.15, 0.2) is 0 Å². The molecule has 0 saturated heterocycles. The molecule has 0 fully saturated rings. The zero-order valence-corrected chi connectivity index (χ0v) is 25.0. The molecule has 0 nitrogen and oxygen atoms in total. The summed E-state index contributed by atoms with van der Waals surface area (Å²) in [6.45, 7) is 9.23. The molecule has 4 rings (SSSR count). The number of rotatable bonds is 15. The summed E-state index contributed by atoms with van der Waals surface area (Å²) in [4.78, 5) is 6.11. The van der Waals surface area contributed by atoms with Gasteiger partial charge in [-0.2, -0.15) is 0 Å². The summed E-state index contributed by atoms with van der Waals surface area (Å²) in [5, 5.41) is 1.45. The average Bonchev–Trinajstić information content (AvgIpc) is 3.53. The average molecular weight is 531 g/mol. The van der Waals surface area contributed by atoms with Crippen LogP contribution in [0, 0.1) is 13.8 Å². The molecular formula is C30H42S4. The number of hydrogen-bond acceptors (Lipinski definition) is 4. The minimum atomic E-state index is 1.25. The zero-order chi connectivity index (χ0) is 23.9. The predicted octanol–water partition coefficient (Wildman–Crippen LogP) is 12.3. The molecule has 186 valence electrons. The largest absolute Gasteiger partial charge is 0.139 e. The molecule has 0 aliphatic heterocycles. The lowest BCUT2D eigenvalue weighted by Crippen LogP contribution is -1.86. The van der Waals surface area contributed by atoms with Gasteiger partial charge in [-0.3, -0.25) is 0 Å². The molecule has 0 unspecified atom stereocenters. The third-order valence-corrected chi connectivity index (χ3v) is 12.1. The molecule has 0 radical (unpaired) electrons. The first-order valence-electron chi connectivity index (χ1n) is 13.7. The van der Waals surface area contributed by atoms with Crippen molar-refractivity contribution < 1.29 is 0 Å². The topological polar surface area (TPSA) is 0 Å². The summed E-state index contributed by atoms with van der Waals surface area (Å²) < 4.78 is 4.75. The monoisotopic (exact) mass is 530 g/mol. The van der Waals surface area contributed by atoms with Gasteiger partial charge in [0.05, 0.1) is 4.01 Å². The van der Waals surface area contributed by atoms with E-state index in [0.29, 0.717) is 0 Å². The molecule has 4 aromatic rings. The van der Waals surface area contributed by atoms with E-state index in [1.807, 2.05) is 22.7 Å². The highest BCUT2D eigenvalue weighted by Gasteiger charge is 2.21. The predicted molar refractivity (Wildman–Crippen MR) is 162 cm³/mol. The van der Waals surface area contributed by atoms with Gasteiger partial charge >= 0.3 is 0 Å². The third kappa shape index (κ3) is 6.35. The van der Waals surface area contributed by atoms with Gasteiger partial charge in [0.25, 0.3) is 0 Å². The van der Waals surface area contributed by atoms with Crippen LogP contribution in [-0.2, 0) is 12.8 Å². The highest BCUT2D eigenvalue weighted by Crippen LogP contribution is 2.49. The maximum Gasteiger partial charge on any atom is 0.0874 e. The van der Waals surface area contributed by atoms with Crippen LogP contribution < -0.4 is 0 Å². The van der Waals surface area contributed by atoms with Gasteiger partial charge in [0.2, 0.25) is 0 Å². The van der Waals surface area contributed by atoms with Crippen molar-refractivity contribution in [3.05, 3.63) is 33.0 Å². The minimum absolute atomic E-state index is 1.25. The Morgan fingerprint density at radius 2 is 1.18 bits per heavy atom. The first kappa shape index (κ1) is 26.4. The molecule has 0 atom stereocenters. The van der Waals surface area contributed by atoms with Crippen LogP contribution in [0.2, 0.25) is 0 Å². The minimum Gasteiger partial charge on any atom is -0.139 e. The van der Waals surface area contributed by atoms with E-state index in [0.717, 1.165) is 0 Å². The molecular weight excluding hydrogens is 489 g/mol. The van der Waals surface area contributed by atoms with Gasteiger partial charge < -0.3 is 0 Å². The van der Waals surface area contributed by atoms with E-state index < -0.39 is 0 Å². The van der Waals surface area contributed by atoms with Gasteiger partial charge in [0, 0.05) is 34.3 Å². The molecule has 0 spiro atoms. The molecule has 0 saturated carbocycles. The first-order valence-corrected chi connectivity index (χ1v) is 16.9. The van der Waals surface area contributed by atoms with Gasteiger partial charge in [-0.25, -0.2) is 0 Å². The molecule has 4 heteroatoms.